The van der Waals surface area contributed by atoms with Crippen LogP contribution in [0.4, 0.5) is 5.69 Å². The van der Waals surface area contributed by atoms with Crippen molar-refractivity contribution >= 4 is 5.69 Å². The molecule has 2 aliphatic rings. The molecule has 1 fully saturated rings. The molecule has 0 bridgehead atoms. The molecule has 18 heavy (non-hydrogen) atoms. The van der Waals surface area contributed by atoms with Crippen LogP contribution >= 0.6 is 0 Å². The van der Waals surface area contributed by atoms with Crippen molar-refractivity contribution in [3.05, 3.63) is 44.2 Å². The van der Waals surface area contributed by atoms with Gasteiger partial charge in [-0.2, -0.15) is 4.74 Å². The van der Waals surface area contributed by atoms with Crippen molar-refractivity contribution in [2.24, 2.45) is 4.99 Å². The van der Waals surface area contributed by atoms with E-state index in [0.29, 0.717) is 10.7 Å². The number of non-ortho nitro benzene ring substituents is 1. The minimum absolute atomic E-state index is 0.0150. The second kappa shape index (κ2) is 3.76. The SMILES string of the molecule is O=[N+]([O-])c1ccc2c(c1)=NC1(CCCCC1)[N+]=2[O-]. The van der Waals surface area contributed by atoms with Gasteiger partial charge in [-0.05, 0) is 12.8 Å². The summed E-state index contributed by atoms with van der Waals surface area (Å²) < 4.78 is 0.950. The van der Waals surface area contributed by atoms with E-state index in [-0.39, 0.29) is 5.69 Å². The second-order valence-electron chi connectivity index (χ2n) is 4.88. The van der Waals surface area contributed by atoms with Crippen LogP contribution in [0.25, 0.3) is 0 Å². The lowest BCUT2D eigenvalue weighted by molar-refractivity contribution is -0.385. The summed E-state index contributed by atoms with van der Waals surface area (Å²) in [6.07, 6.45) is 4.57. The molecular weight excluding hydrogens is 234 g/mol. The van der Waals surface area contributed by atoms with Crippen LogP contribution in [0, 0.1) is 15.3 Å². The molecule has 6 heteroatoms. The zero-order chi connectivity index (χ0) is 12.8. The Morgan fingerprint density at radius 1 is 1.28 bits per heavy atom. The molecule has 94 valence electrons. The van der Waals surface area contributed by atoms with E-state index in [2.05, 4.69) is 4.99 Å². The van der Waals surface area contributed by atoms with Gasteiger partial charge in [0.2, 0.25) is 5.36 Å². The summed E-state index contributed by atoms with van der Waals surface area (Å²) in [4.78, 5) is 14.7. The quantitative estimate of drug-likeness (QED) is 0.319. The minimum atomic E-state index is -0.699. The van der Waals surface area contributed by atoms with E-state index in [9.17, 15) is 15.3 Å². The van der Waals surface area contributed by atoms with E-state index in [1.807, 2.05) is 0 Å². The number of rotatable bonds is 1. The third-order valence-electron chi connectivity index (χ3n) is 3.75. The Morgan fingerprint density at radius 3 is 2.67 bits per heavy atom. The van der Waals surface area contributed by atoms with Crippen LogP contribution in [0.2, 0.25) is 0 Å². The Kier molecular flexibility index (Phi) is 2.33. The maximum Gasteiger partial charge on any atom is 0.272 e. The van der Waals surface area contributed by atoms with Gasteiger partial charge in [0.25, 0.3) is 11.4 Å². The van der Waals surface area contributed by atoms with Gasteiger partial charge >= 0.3 is 0 Å². The van der Waals surface area contributed by atoms with Crippen molar-refractivity contribution in [1.82, 2.24) is 4.74 Å². The predicted molar refractivity (Wildman–Crippen MR) is 64.3 cm³/mol. The van der Waals surface area contributed by atoms with Gasteiger partial charge in [0.15, 0.2) is 0 Å². The van der Waals surface area contributed by atoms with E-state index >= 15 is 0 Å². The van der Waals surface area contributed by atoms with Gasteiger partial charge in [-0.3, -0.25) is 10.1 Å². The molecule has 0 unspecified atom stereocenters. The third kappa shape index (κ3) is 1.48. The summed E-state index contributed by atoms with van der Waals surface area (Å²) in [5, 5.41) is 24.0. The lowest BCUT2D eigenvalue weighted by Crippen LogP contribution is -2.44. The van der Waals surface area contributed by atoms with E-state index in [0.717, 1.165) is 36.8 Å². The molecule has 6 nitrogen and oxygen atoms in total. The highest BCUT2D eigenvalue weighted by Crippen LogP contribution is 2.31. The third-order valence-corrected chi connectivity index (χ3v) is 3.75. The largest absolute Gasteiger partial charge is 0.622 e. The topological polar surface area (TPSA) is 81.6 Å². The summed E-state index contributed by atoms with van der Waals surface area (Å²) in [6, 6.07) is 4.26. The molecule has 1 aliphatic heterocycles. The zero-order valence-corrected chi connectivity index (χ0v) is 9.83. The average Bonchev–Trinajstić information content (AvgIpc) is 2.63. The molecule has 1 heterocycles. The van der Waals surface area contributed by atoms with Crippen LogP contribution in [0.5, 0.6) is 0 Å². The van der Waals surface area contributed by atoms with E-state index < -0.39 is 10.6 Å². The van der Waals surface area contributed by atoms with Gasteiger partial charge in [-0.15, -0.1) is 0 Å². The lowest BCUT2D eigenvalue weighted by Gasteiger charge is -2.28. The van der Waals surface area contributed by atoms with Gasteiger partial charge < -0.3 is 5.21 Å². The zero-order valence-electron chi connectivity index (χ0n) is 9.83. The normalized spacial score (nSPS) is 20.6. The molecule has 0 N–H and O–H groups in total. The van der Waals surface area contributed by atoms with Crippen LogP contribution < -0.4 is 15.5 Å². The van der Waals surface area contributed by atoms with E-state index in [1.54, 1.807) is 0 Å². The molecule has 0 atom stereocenters. The molecule has 1 aromatic rings. The maximum atomic E-state index is 12.3. The standard InChI is InChI=1S/C12H13N3O3/c16-14-11-5-4-9(15(17)18)8-10(11)13-12(14)6-2-1-3-7-12/h4-5,8H,1-3,6-7H2. The van der Waals surface area contributed by atoms with Crippen molar-refractivity contribution in [3.63, 3.8) is 0 Å². The summed E-state index contributed by atoms with van der Waals surface area (Å²) in [5.41, 5.74) is -0.714. The Hall–Kier alpha value is -1.98. The summed E-state index contributed by atoms with van der Waals surface area (Å²) in [7, 11) is 0. The molecule has 0 radical (unpaired) electrons. The number of hydroxylamine groups is 1. The number of nitro groups is 1. The van der Waals surface area contributed by atoms with Crippen LogP contribution in [-0.2, 0) is 0 Å². The van der Waals surface area contributed by atoms with Crippen molar-refractivity contribution < 1.29 is 4.92 Å². The predicted octanol–water partition coefficient (Wildman–Crippen LogP) is 0.877. The van der Waals surface area contributed by atoms with Crippen LogP contribution in [0.15, 0.2) is 23.2 Å². The molecule has 1 spiro atoms. The number of hydrogen-bond donors (Lipinski definition) is 0. The van der Waals surface area contributed by atoms with E-state index in [1.165, 1.54) is 18.2 Å². The number of nitrogens with zero attached hydrogens (tertiary/aromatic N) is 3. The summed E-state index contributed by atoms with van der Waals surface area (Å²) in [5.74, 6) is 0. The first-order chi connectivity index (χ1) is 8.62. The molecule has 1 saturated carbocycles. The van der Waals surface area contributed by atoms with E-state index in [4.69, 9.17) is 0 Å². The Morgan fingerprint density at radius 2 is 2.00 bits per heavy atom. The van der Waals surface area contributed by atoms with Crippen molar-refractivity contribution in [1.29, 1.82) is 0 Å². The molecule has 0 saturated heterocycles. The summed E-state index contributed by atoms with van der Waals surface area (Å²) in [6.45, 7) is 0. The first kappa shape index (κ1) is 11.1. The molecule has 1 aromatic carbocycles. The monoisotopic (exact) mass is 247 g/mol. The Labute approximate surface area is 103 Å². The van der Waals surface area contributed by atoms with Crippen molar-refractivity contribution in [2.45, 2.75) is 37.8 Å². The molecule has 3 rings (SSSR count). The van der Waals surface area contributed by atoms with Gasteiger partial charge in [-0.25, -0.2) is 4.99 Å². The van der Waals surface area contributed by atoms with Gasteiger partial charge in [-0.1, -0.05) is 6.42 Å². The Balaban J connectivity index is 2.18. The highest BCUT2D eigenvalue weighted by molar-refractivity contribution is 5.29. The highest BCUT2D eigenvalue weighted by Gasteiger charge is 2.43. The van der Waals surface area contributed by atoms with Crippen LogP contribution in [-0.4, -0.2) is 10.6 Å². The summed E-state index contributed by atoms with van der Waals surface area (Å²) >= 11 is 0. The van der Waals surface area contributed by atoms with Gasteiger partial charge in [0, 0.05) is 31.0 Å². The lowest BCUT2D eigenvalue weighted by atomic mass is 9.90. The average molecular weight is 247 g/mol. The number of benzene rings is 1. The smallest absolute Gasteiger partial charge is 0.272 e. The fraction of sp³-hybridized carbons (Fsp3) is 0.500. The maximum absolute atomic E-state index is 12.3. The van der Waals surface area contributed by atoms with Crippen molar-refractivity contribution in [2.75, 3.05) is 0 Å². The molecule has 1 aliphatic carbocycles. The fourth-order valence-corrected chi connectivity index (χ4v) is 2.81. The number of fused-ring (bicyclic) bond motifs is 1. The second-order valence-corrected chi connectivity index (χ2v) is 4.88. The fourth-order valence-electron chi connectivity index (χ4n) is 2.81. The first-order valence-electron chi connectivity index (χ1n) is 6.11. The van der Waals surface area contributed by atoms with Crippen LogP contribution in [0.3, 0.4) is 0 Å². The Bertz CT molecular complexity index is 632. The number of nitro benzene ring substituents is 1. The van der Waals surface area contributed by atoms with Crippen LogP contribution in [0.1, 0.15) is 32.1 Å². The molecule has 0 amide bonds. The van der Waals surface area contributed by atoms with Crippen molar-refractivity contribution in [3.8, 4) is 0 Å². The van der Waals surface area contributed by atoms with Gasteiger partial charge in [0.05, 0.1) is 4.92 Å². The molecular formula is C12H13N3O3. The highest BCUT2D eigenvalue weighted by atomic mass is 16.6. The number of hydrogen-bond acceptors (Lipinski definition) is 4. The molecule has 0 aromatic heterocycles. The first-order valence-corrected chi connectivity index (χ1v) is 6.11. The minimum Gasteiger partial charge on any atom is -0.622 e. The van der Waals surface area contributed by atoms with Gasteiger partial charge in [0.1, 0.15) is 5.36 Å².